The molecule has 1 N–H and O–H groups in total. The van der Waals surface area contributed by atoms with Crippen LogP contribution in [0.15, 0.2) is 30.3 Å². The van der Waals surface area contributed by atoms with Crippen molar-refractivity contribution in [1.29, 1.82) is 0 Å². The summed E-state index contributed by atoms with van der Waals surface area (Å²) < 4.78 is 22.0. The highest BCUT2D eigenvalue weighted by Gasteiger charge is 2.13. The molecule has 0 amide bonds. The summed E-state index contributed by atoms with van der Waals surface area (Å²) >= 11 is 6.34. The van der Waals surface area contributed by atoms with Crippen molar-refractivity contribution in [2.45, 2.75) is 13.5 Å². The zero-order chi connectivity index (χ0) is 16.9. The zero-order valence-corrected chi connectivity index (χ0v) is 14.5. The number of ether oxygens (including phenoxy) is 4. The summed E-state index contributed by atoms with van der Waals surface area (Å²) in [5, 5.41) is 3.97. The summed E-state index contributed by atoms with van der Waals surface area (Å²) in [7, 11) is 1.60. The fraction of sp³-hybridized carbons (Fsp3) is 0.333. The van der Waals surface area contributed by atoms with Gasteiger partial charge in [-0.05, 0) is 30.7 Å². The lowest BCUT2D eigenvalue weighted by Gasteiger charge is -2.19. The molecule has 1 aliphatic rings. The van der Waals surface area contributed by atoms with Gasteiger partial charge in [-0.15, -0.1) is 0 Å². The Bertz CT molecular complexity index is 720. The normalized spacial score (nSPS) is 12.6. The van der Waals surface area contributed by atoms with Crippen molar-refractivity contribution in [3.63, 3.8) is 0 Å². The molecular formula is C18H20ClNO4. The van der Waals surface area contributed by atoms with Crippen LogP contribution in [0.1, 0.15) is 12.5 Å². The number of rotatable bonds is 6. The summed E-state index contributed by atoms with van der Waals surface area (Å²) in [6, 6.07) is 9.45. The molecule has 6 heteroatoms. The van der Waals surface area contributed by atoms with Crippen molar-refractivity contribution in [3.05, 3.63) is 40.9 Å². The van der Waals surface area contributed by atoms with E-state index in [2.05, 4.69) is 5.32 Å². The largest absolute Gasteiger partial charge is 0.493 e. The molecular weight excluding hydrogens is 330 g/mol. The van der Waals surface area contributed by atoms with Crippen molar-refractivity contribution in [2.24, 2.45) is 0 Å². The van der Waals surface area contributed by atoms with Gasteiger partial charge in [0.1, 0.15) is 13.2 Å². The molecule has 0 saturated carbocycles. The maximum Gasteiger partial charge on any atom is 0.163 e. The molecule has 0 atom stereocenters. The Balaban J connectivity index is 1.75. The number of hydrogen-bond donors (Lipinski definition) is 1. The van der Waals surface area contributed by atoms with Crippen LogP contribution in [0.4, 0.5) is 5.69 Å². The molecule has 0 fully saturated rings. The predicted molar refractivity (Wildman–Crippen MR) is 93.9 cm³/mol. The minimum Gasteiger partial charge on any atom is -0.493 e. The first-order valence-corrected chi connectivity index (χ1v) is 8.21. The van der Waals surface area contributed by atoms with Crippen LogP contribution in [0.25, 0.3) is 0 Å². The van der Waals surface area contributed by atoms with Crippen LogP contribution in [-0.4, -0.2) is 26.9 Å². The number of benzene rings is 2. The molecule has 0 saturated heterocycles. The van der Waals surface area contributed by atoms with Crippen LogP contribution < -0.4 is 24.3 Å². The third kappa shape index (κ3) is 3.62. The quantitative estimate of drug-likeness (QED) is 0.849. The van der Waals surface area contributed by atoms with Crippen molar-refractivity contribution in [1.82, 2.24) is 0 Å². The highest BCUT2D eigenvalue weighted by molar-refractivity contribution is 6.31. The van der Waals surface area contributed by atoms with Gasteiger partial charge in [-0.25, -0.2) is 0 Å². The van der Waals surface area contributed by atoms with Gasteiger partial charge >= 0.3 is 0 Å². The molecule has 1 aliphatic heterocycles. The Labute approximate surface area is 146 Å². The highest BCUT2D eigenvalue weighted by Crippen LogP contribution is 2.35. The zero-order valence-electron chi connectivity index (χ0n) is 13.7. The van der Waals surface area contributed by atoms with E-state index in [4.69, 9.17) is 30.5 Å². The third-order valence-electron chi connectivity index (χ3n) is 3.66. The smallest absolute Gasteiger partial charge is 0.163 e. The van der Waals surface area contributed by atoms with Crippen molar-refractivity contribution >= 4 is 17.3 Å². The van der Waals surface area contributed by atoms with E-state index in [1.807, 2.05) is 31.2 Å². The fourth-order valence-electron chi connectivity index (χ4n) is 2.49. The van der Waals surface area contributed by atoms with Crippen LogP contribution in [-0.2, 0) is 6.54 Å². The van der Waals surface area contributed by atoms with E-state index >= 15 is 0 Å². The van der Waals surface area contributed by atoms with Gasteiger partial charge in [-0.2, -0.15) is 0 Å². The highest BCUT2D eigenvalue weighted by atomic mass is 35.5. The first kappa shape index (κ1) is 16.6. The van der Waals surface area contributed by atoms with Crippen LogP contribution in [0.3, 0.4) is 0 Å². The predicted octanol–water partition coefficient (Wildman–Crippen LogP) is 4.13. The summed E-state index contributed by atoms with van der Waals surface area (Å²) in [5.74, 6) is 2.84. The molecule has 2 aromatic carbocycles. The third-order valence-corrected chi connectivity index (χ3v) is 4.01. The number of methoxy groups -OCH3 is 1. The molecule has 0 bridgehead atoms. The molecule has 24 heavy (non-hydrogen) atoms. The second-order valence-corrected chi connectivity index (χ2v) is 5.65. The maximum absolute atomic E-state index is 6.34. The average Bonchev–Trinajstić information content (AvgIpc) is 2.61. The van der Waals surface area contributed by atoms with Gasteiger partial charge in [0.05, 0.1) is 13.7 Å². The van der Waals surface area contributed by atoms with Crippen LogP contribution >= 0.6 is 11.6 Å². The van der Waals surface area contributed by atoms with E-state index in [1.54, 1.807) is 13.2 Å². The van der Waals surface area contributed by atoms with Crippen LogP contribution in [0.2, 0.25) is 5.02 Å². The average molecular weight is 350 g/mol. The minimum atomic E-state index is 0.558. The van der Waals surface area contributed by atoms with Gasteiger partial charge in [0.25, 0.3) is 0 Å². The SMILES string of the molecule is CCOc1cc(CNc2ccc3c(c2)OCCO3)c(Cl)cc1OC. The number of hydrogen-bond acceptors (Lipinski definition) is 5. The lowest BCUT2D eigenvalue weighted by atomic mass is 10.2. The topological polar surface area (TPSA) is 49.0 Å². The number of anilines is 1. The molecule has 1 heterocycles. The summed E-state index contributed by atoms with van der Waals surface area (Å²) in [5.41, 5.74) is 1.86. The van der Waals surface area contributed by atoms with E-state index in [1.165, 1.54) is 0 Å². The Hall–Kier alpha value is -2.27. The minimum absolute atomic E-state index is 0.558. The second kappa shape index (κ2) is 7.53. The molecule has 5 nitrogen and oxygen atoms in total. The van der Waals surface area contributed by atoms with Crippen molar-refractivity contribution in [2.75, 3.05) is 32.2 Å². The fourth-order valence-corrected chi connectivity index (χ4v) is 2.71. The molecule has 0 aliphatic carbocycles. The second-order valence-electron chi connectivity index (χ2n) is 5.24. The van der Waals surface area contributed by atoms with E-state index in [9.17, 15) is 0 Å². The summed E-state index contributed by atoms with van der Waals surface area (Å²) in [4.78, 5) is 0. The van der Waals surface area contributed by atoms with Gasteiger partial charge in [0.15, 0.2) is 23.0 Å². The number of fused-ring (bicyclic) bond motifs is 1. The Kier molecular flexibility index (Phi) is 5.20. The molecule has 2 aromatic rings. The van der Waals surface area contributed by atoms with Gasteiger partial charge in [0.2, 0.25) is 0 Å². The first-order valence-electron chi connectivity index (χ1n) is 7.84. The van der Waals surface area contributed by atoms with Gasteiger partial charge in [-0.1, -0.05) is 11.6 Å². The Morgan fingerprint density at radius 2 is 1.88 bits per heavy atom. The van der Waals surface area contributed by atoms with E-state index < -0.39 is 0 Å². The Morgan fingerprint density at radius 3 is 2.62 bits per heavy atom. The van der Waals surface area contributed by atoms with Crippen molar-refractivity contribution < 1.29 is 18.9 Å². The first-order chi connectivity index (χ1) is 11.7. The van der Waals surface area contributed by atoms with Crippen LogP contribution in [0.5, 0.6) is 23.0 Å². The molecule has 0 unspecified atom stereocenters. The van der Waals surface area contributed by atoms with Gasteiger partial charge < -0.3 is 24.3 Å². The lowest BCUT2D eigenvalue weighted by molar-refractivity contribution is 0.171. The summed E-state index contributed by atoms with van der Waals surface area (Å²) in [6.07, 6.45) is 0. The van der Waals surface area contributed by atoms with Gasteiger partial charge in [0, 0.05) is 29.4 Å². The Morgan fingerprint density at radius 1 is 1.08 bits per heavy atom. The number of nitrogens with one attached hydrogen (secondary N) is 1. The van der Waals surface area contributed by atoms with Crippen LogP contribution in [0, 0.1) is 0 Å². The van der Waals surface area contributed by atoms with E-state index in [-0.39, 0.29) is 0 Å². The molecule has 0 radical (unpaired) electrons. The monoisotopic (exact) mass is 349 g/mol. The van der Waals surface area contributed by atoms with Gasteiger partial charge in [-0.3, -0.25) is 0 Å². The molecule has 0 aromatic heterocycles. The number of halogens is 1. The van der Waals surface area contributed by atoms with Crippen molar-refractivity contribution in [3.8, 4) is 23.0 Å². The lowest BCUT2D eigenvalue weighted by Crippen LogP contribution is -2.15. The van der Waals surface area contributed by atoms with E-state index in [0.717, 1.165) is 22.7 Å². The summed E-state index contributed by atoms with van der Waals surface area (Å²) in [6.45, 7) is 4.20. The molecule has 0 spiro atoms. The standard InChI is InChI=1S/C18H20ClNO4/c1-3-22-17-8-12(14(19)10-16(17)21-2)11-20-13-4-5-15-18(9-13)24-7-6-23-15/h4-5,8-10,20H,3,6-7,11H2,1-2H3. The molecule has 128 valence electrons. The van der Waals surface area contributed by atoms with E-state index in [0.29, 0.717) is 42.9 Å². The molecule has 3 rings (SSSR count). The maximum atomic E-state index is 6.34.